The van der Waals surface area contributed by atoms with Gasteiger partial charge in [0.1, 0.15) is 11.6 Å². The van der Waals surface area contributed by atoms with Crippen molar-refractivity contribution in [3.05, 3.63) is 45.8 Å². The number of nitrogens with zero attached hydrogens (tertiary/aromatic N) is 4. The van der Waals surface area contributed by atoms with Gasteiger partial charge in [-0.25, -0.2) is 9.59 Å². The summed E-state index contributed by atoms with van der Waals surface area (Å²) in [6, 6.07) is 5.95. The van der Waals surface area contributed by atoms with E-state index >= 15 is 0 Å². The number of rotatable bonds is 7. The number of nitrogens with one attached hydrogen (secondary N) is 1. The highest BCUT2D eigenvalue weighted by molar-refractivity contribution is 5.84. The van der Waals surface area contributed by atoms with Crippen LogP contribution in [-0.4, -0.2) is 52.2 Å². The molecule has 0 spiro atoms. The Hall–Kier alpha value is -3.26. The topological polar surface area (TPSA) is 145 Å². The van der Waals surface area contributed by atoms with Crippen LogP contribution >= 0.6 is 0 Å². The number of azide groups is 1. The summed E-state index contributed by atoms with van der Waals surface area (Å²) in [6.45, 7) is 5.82. The van der Waals surface area contributed by atoms with Crippen LogP contribution < -0.4 is 5.32 Å². The molecule has 162 valence electrons. The lowest BCUT2D eigenvalue weighted by Gasteiger charge is -2.21. The van der Waals surface area contributed by atoms with E-state index in [1.54, 1.807) is 20.8 Å². The van der Waals surface area contributed by atoms with Gasteiger partial charge in [0.25, 0.3) is 0 Å². The van der Waals surface area contributed by atoms with Crippen LogP contribution in [0.1, 0.15) is 44.7 Å². The van der Waals surface area contributed by atoms with Crippen LogP contribution in [0.5, 0.6) is 0 Å². The molecule has 2 unspecified atom stereocenters. The zero-order chi connectivity index (χ0) is 22.3. The fourth-order valence-electron chi connectivity index (χ4n) is 3.19. The SMILES string of the molecule is CC(C)(C)OC(=O)NCc1ccc(CCC(=O)N2CC(N=[N+]=[N-])CC2C(=O)O)cc1. The average molecular weight is 417 g/mol. The van der Waals surface area contributed by atoms with Crippen LogP contribution in [0.15, 0.2) is 29.4 Å². The number of ether oxygens (including phenoxy) is 1. The van der Waals surface area contributed by atoms with Crippen LogP contribution in [0.4, 0.5) is 4.79 Å². The molecule has 1 fully saturated rings. The Bertz CT molecular complexity index is 827. The van der Waals surface area contributed by atoms with E-state index in [0.717, 1.165) is 11.1 Å². The molecule has 30 heavy (non-hydrogen) atoms. The molecule has 2 N–H and O–H groups in total. The molecule has 10 nitrogen and oxygen atoms in total. The Balaban J connectivity index is 1.85. The molecular weight excluding hydrogens is 390 g/mol. The van der Waals surface area contributed by atoms with E-state index in [1.165, 1.54) is 4.90 Å². The average Bonchev–Trinajstić information content (AvgIpc) is 3.09. The molecule has 10 heteroatoms. The molecule has 0 radical (unpaired) electrons. The maximum atomic E-state index is 12.5. The van der Waals surface area contributed by atoms with Crippen molar-refractivity contribution in [1.82, 2.24) is 10.2 Å². The smallest absolute Gasteiger partial charge is 0.407 e. The first kappa shape index (κ1) is 23.0. The molecule has 1 aliphatic rings. The van der Waals surface area contributed by atoms with Crippen molar-refractivity contribution in [2.45, 2.75) is 64.3 Å². The van der Waals surface area contributed by atoms with Crippen LogP contribution in [0, 0.1) is 0 Å². The van der Waals surface area contributed by atoms with Crippen molar-refractivity contribution in [3.8, 4) is 0 Å². The lowest BCUT2D eigenvalue weighted by atomic mass is 10.1. The van der Waals surface area contributed by atoms with E-state index in [-0.39, 0.29) is 25.3 Å². The number of alkyl carbamates (subject to hydrolysis) is 1. The lowest BCUT2D eigenvalue weighted by molar-refractivity contribution is -0.148. The normalized spacial score (nSPS) is 18.4. The molecule has 0 bridgehead atoms. The Kier molecular flexibility index (Phi) is 7.66. The van der Waals surface area contributed by atoms with Crippen molar-refractivity contribution >= 4 is 18.0 Å². The van der Waals surface area contributed by atoms with Crippen molar-refractivity contribution in [2.75, 3.05) is 6.54 Å². The third-order valence-corrected chi connectivity index (χ3v) is 4.59. The van der Waals surface area contributed by atoms with Gasteiger partial charge < -0.3 is 20.1 Å². The Morgan fingerprint density at radius 1 is 1.27 bits per heavy atom. The first-order chi connectivity index (χ1) is 14.1. The summed E-state index contributed by atoms with van der Waals surface area (Å²) < 4.78 is 5.18. The van der Waals surface area contributed by atoms with Gasteiger partial charge in [-0.15, -0.1) is 0 Å². The number of carbonyl (C=O) groups is 3. The zero-order valence-corrected chi connectivity index (χ0v) is 17.4. The van der Waals surface area contributed by atoms with E-state index in [9.17, 15) is 19.5 Å². The minimum atomic E-state index is -1.10. The molecular formula is C20H27N5O5. The second kappa shape index (κ2) is 9.98. The molecule has 2 atom stereocenters. The van der Waals surface area contributed by atoms with Gasteiger partial charge in [0.15, 0.2) is 0 Å². The van der Waals surface area contributed by atoms with Crippen molar-refractivity contribution < 1.29 is 24.2 Å². The number of carboxylic acid groups (broad SMARTS) is 1. The van der Waals surface area contributed by atoms with Crippen LogP contribution in [-0.2, 0) is 27.3 Å². The molecule has 1 aromatic carbocycles. The van der Waals surface area contributed by atoms with Gasteiger partial charge in [-0.05, 0) is 50.3 Å². The number of hydrogen-bond acceptors (Lipinski definition) is 5. The summed E-state index contributed by atoms with van der Waals surface area (Å²) in [4.78, 5) is 39.6. The third kappa shape index (κ3) is 6.97. The monoisotopic (exact) mass is 417 g/mol. The molecule has 0 aromatic heterocycles. The summed E-state index contributed by atoms with van der Waals surface area (Å²) >= 11 is 0. The number of hydrogen-bond donors (Lipinski definition) is 2. The quantitative estimate of drug-likeness (QED) is 0.398. The minimum Gasteiger partial charge on any atom is -0.480 e. The fraction of sp³-hybridized carbons (Fsp3) is 0.550. The molecule has 0 aliphatic carbocycles. The number of carboxylic acids is 1. The van der Waals surface area contributed by atoms with E-state index in [4.69, 9.17) is 10.3 Å². The highest BCUT2D eigenvalue weighted by atomic mass is 16.6. The van der Waals surface area contributed by atoms with E-state index in [0.29, 0.717) is 13.0 Å². The van der Waals surface area contributed by atoms with Gasteiger partial charge in [-0.2, -0.15) is 0 Å². The molecule has 2 amide bonds. The maximum absolute atomic E-state index is 12.5. The number of carbonyl (C=O) groups excluding carboxylic acids is 2. The first-order valence-corrected chi connectivity index (χ1v) is 9.70. The summed E-state index contributed by atoms with van der Waals surface area (Å²) in [7, 11) is 0. The van der Waals surface area contributed by atoms with Crippen LogP contribution in [0.2, 0.25) is 0 Å². The van der Waals surface area contributed by atoms with E-state index < -0.39 is 29.7 Å². The van der Waals surface area contributed by atoms with Gasteiger partial charge in [-0.1, -0.05) is 29.4 Å². The Labute approximate surface area is 174 Å². The Morgan fingerprint density at radius 3 is 2.47 bits per heavy atom. The molecule has 0 saturated carbocycles. The van der Waals surface area contributed by atoms with Gasteiger partial charge in [0.2, 0.25) is 5.91 Å². The second-order valence-electron chi connectivity index (χ2n) is 8.17. The number of likely N-dealkylation sites (tertiary alicyclic amines) is 1. The second-order valence-corrected chi connectivity index (χ2v) is 8.17. The fourth-order valence-corrected chi connectivity index (χ4v) is 3.19. The summed E-state index contributed by atoms with van der Waals surface area (Å²) in [5, 5.41) is 15.5. The molecule has 1 heterocycles. The largest absolute Gasteiger partial charge is 0.480 e. The van der Waals surface area contributed by atoms with Gasteiger partial charge in [0, 0.05) is 24.4 Å². The van der Waals surface area contributed by atoms with Crippen LogP contribution in [0.3, 0.4) is 0 Å². The molecule has 1 aromatic rings. The first-order valence-electron chi connectivity index (χ1n) is 9.70. The minimum absolute atomic E-state index is 0.120. The predicted octanol–water partition coefficient (Wildman–Crippen LogP) is 3.01. The maximum Gasteiger partial charge on any atom is 0.407 e. The zero-order valence-electron chi connectivity index (χ0n) is 17.4. The van der Waals surface area contributed by atoms with Crippen molar-refractivity contribution in [2.24, 2.45) is 5.11 Å². The van der Waals surface area contributed by atoms with Crippen LogP contribution in [0.25, 0.3) is 10.4 Å². The number of aryl methyl sites for hydroxylation is 1. The van der Waals surface area contributed by atoms with Gasteiger partial charge in [-0.3, -0.25) is 4.79 Å². The summed E-state index contributed by atoms with van der Waals surface area (Å²) in [5.74, 6) is -1.38. The number of benzene rings is 1. The molecule has 1 aliphatic heterocycles. The summed E-state index contributed by atoms with van der Waals surface area (Å²) in [5.41, 5.74) is 9.79. The van der Waals surface area contributed by atoms with E-state index in [2.05, 4.69) is 15.3 Å². The highest BCUT2D eigenvalue weighted by Crippen LogP contribution is 2.22. The standard InChI is InChI=1S/C20H27N5O5/c1-20(2,3)30-19(29)22-11-14-6-4-13(5-7-14)8-9-17(26)25-12-15(23-24-21)10-16(25)18(27)28/h4-7,15-16H,8-12H2,1-3H3,(H,22,29)(H,27,28). The molecule has 2 rings (SSSR count). The van der Waals surface area contributed by atoms with Gasteiger partial charge in [0.05, 0.1) is 6.04 Å². The van der Waals surface area contributed by atoms with Crippen molar-refractivity contribution in [1.29, 1.82) is 0 Å². The van der Waals surface area contributed by atoms with E-state index in [1.807, 2.05) is 24.3 Å². The molecule has 1 saturated heterocycles. The Morgan fingerprint density at radius 2 is 1.90 bits per heavy atom. The highest BCUT2D eigenvalue weighted by Gasteiger charge is 2.38. The summed E-state index contributed by atoms with van der Waals surface area (Å²) in [6.07, 6.45) is 0.246. The predicted molar refractivity (Wildman–Crippen MR) is 109 cm³/mol. The number of aliphatic carboxylic acids is 1. The third-order valence-electron chi connectivity index (χ3n) is 4.59. The van der Waals surface area contributed by atoms with Gasteiger partial charge >= 0.3 is 12.1 Å². The van der Waals surface area contributed by atoms with Crippen molar-refractivity contribution in [3.63, 3.8) is 0 Å². The number of amides is 2. The lowest BCUT2D eigenvalue weighted by Crippen LogP contribution is -2.40.